The molecule has 2 atom stereocenters. The highest BCUT2D eigenvalue weighted by molar-refractivity contribution is 6.19. The van der Waals surface area contributed by atoms with E-state index in [0.717, 1.165) is 0 Å². The molecule has 0 amide bonds. The average molecular weight is 274 g/mol. The molecule has 1 aliphatic heterocycles. The van der Waals surface area contributed by atoms with E-state index in [1.165, 1.54) is 6.92 Å². The summed E-state index contributed by atoms with van der Waals surface area (Å²) in [6, 6.07) is 7.06. The van der Waals surface area contributed by atoms with Gasteiger partial charge in [0, 0.05) is 0 Å². The van der Waals surface area contributed by atoms with E-state index in [0.29, 0.717) is 24.1 Å². The van der Waals surface area contributed by atoms with Crippen molar-refractivity contribution in [2.24, 2.45) is 16.6 Å². The minimum Gasteiger partial charge on any atom is -0.481 e. The first-order valence-electron chi connectivity index (χ1n) is 6.64. The molecule has 0 aliphatic carbocycles. The largest absolute Gasteiger partial charge is 0.481 e. The maximum atomic E-state index is 12.3. The van der Waals surface area contributed by atoms with Gasteiger partial charge < -0.3 is 10.8 Å². The van der Waals surface area contributed by atoms with Crippen LogP contribution in [0.15, 0.2) is 29.3 Å². The van der Waals surface area contributed by atoms with Crippen LogP contribution in [0.2, 0.25) is 0 Å². The van der Waals surface area contributed by atoms with Crippen LogP contribution >= 0.6 is 0 Å². The molecule has 0 radical (unpaired) electrons. The number of hydrogen-bond donors (Lipinski definition) is 2. The molecule has 20 heavy (non-hydrogen) atoms. The zero-order chi connectivity index (χ0) is 14.9. The molecule has 1 aromatic rings. The third kappa shape index (κ3) is 1.81. The number of amidine groups is 1. The Bertz CT molecular complexity index is 595. The number of aliphatic imine (C=N–C) groups is 1. The van der Waals surface area contributed by atoms with E-state index in [1.807, 2.05) is 6.92 Å². The summed E-state index contributed by atoms with van der Waals surface area (Å²) in [4.78, 5) is 28.2. The molecule has 5 nitrogen and oxygen atoms in total. The van der Waals surface area contributed by atoms with Gasteiger partial charge in [-0.15, -0.1) is 0 Å². The SMILES string of the molecule is CCCC(C(=O)O)C1(C(C)=O)C(N)=Nc2ccccc21. The number of Topliss-reactive ketones (excluding diaryl/α,β-unsaturated/α-hetero) is 1. The number of carboxylic acid groups (broad SMARTS) is 1. The molecule has 2 rings (SSSR count). The Morgan fingerprint density at radius 2 is 2.05 bits per heavy atom. The molecule has 1 heterocycles. The van der Waals surface area contributed by atoms with Crippen LogP contribution in [0.4, 0.5) is 5.69 Å². The number of carbonyl (C=O) groups is 2. The number of aliphatic carboxylic acids is 1. The van der Waals surface area contributed by atoms with E-state index in [2.05, 4.69) is 4.99 Å². The number of ketones is 1. The van der Waals surface area contributed by atoms with Crippen LogP contribution in [0.5, 0.6) is 0 Å². The van der Waals surface area contributed by atoms with E-state index in [-0.39, 0.29) is 11.6 Å². The zero-order valence-corrected chi connectivity index (χ0v) is 11.6. The quantitative estimate of drug-likeness (QED) is 0.859. The average Bonchev–Trinajstić information content (AvgIpc) is 2.68. The predicted molar refractivity (Wildman–Crippen MR) is 76.1 cm³/mol. The number of rotatable bonds is 5. The van der Waals surface area contributed by atoms with Crippen molar-refractivity contribution in [1.29, 1.82) is 0 Å². The fourth-order valence-electron chi connectivity index (χ4n) is 3.06. The van der Waals surface area contributed by atoms with Gasteiger partial charge in [0.15, 0.2) is 0 Å². The van der Waals surface area contributed by atoms with Gasteiger partial charge in [-0.1, -0.05) is 31.5 Å². The minimum atomic E-state index is -1.33. The summed E-state index contributed by atoms with van der Waals surface area (Å²) in [7, 11) is 0. The Morgan fingerprint density at radius 3 is 2.60 bits per heavy atom. The lowest BCUT2D eigenvalue weighted by molar-refractivity contribution is -0.146. The Labute approximate surface area is 117 Å². The molecule has 0 saturated carbocycles. The van der Waals surface area contributed by atoms with Gasteiger partial charge in [0.1, 0.15) is 17.0 Å². The van der Waals surface area contributed by atoms with Crippen LogP contribution in [-0.4, -0.2) is 22.7 Å². The van der Waals surface area contributed by atoms with Crippen molar-refractivity contribution in [1.82, 2.24) is 0 Å². The van der Waals surface area contributed by atoms with Crippen molar-refractivity contribution < 1.29 is 14.7 Å². The van der Waals surface area contributed by atoms with Crippen LogP contribution in [0.25, 0.3) is 0 Å². The maximum absolute atomic E-state index is 12.3. The predicted octanol–water partition coefficient (Wildman–Crippen LogP) is 2.02. The standard InChI is InChI=1S/C15H18N2O3/c1-3-6-11(13(19)20)15(9(2)18)10-7-4-5-8-12(10)17-14(15)16/h4-5,7-8,11H,3,6H2,1-2H3,(H2,16,17)(H,19,20). The van der Waals surface area contributed by atoms with Crippen molar-refractivity contribution in [3.05, 3.63) is 29.8 Å². The topological polar surface area (TPSA) is 92.8 Å². The first kappa shape index (κ1) is 14.2. The van der Waals surface area contributed by atoms with Gasteiger partial charge in [-0.05, 0) is 25.0 Å². The van der Waals surface area contributed by atoms with Crippen molar-refractivity contribution in [2.45, 2.75) is 32.1 Å². The first-order valence-corrected chi connectivity index (χ1v) is 6.64. The van der Waals surface area contributed by atoms with E-state index in [9.17, 15) is 14.7 Å². The fraction of sp³-hybridized carbons (Fsp3) is 0.400. The van der Waals surface area contributed by atoms with Gasteiger partial charge in [0.05, 0.1) is 11.6 Å². The number of benzene rings is 1. The monoisotopic (exact) mass is 274 g/mol. The van der Waals surface area contributed by atoms with Gasteiger partial charge >= 0.3 is 5.97 Å². The molecule has 106 valence electrons. The van der Waals surface area contributed by atoms with Crippen LogP contribution in [0.3, 0.4) is 0 Å². The normalized spacial score (nSPS) is 22.0. The number of nitrogens with zero attached hydrogens (tertiary/aromatic N) is 1. The Morgan fingerprint density at radius 1 is 1.40 bits per heavy atom. The van der Waals surface area contributed by atoms with E-state index in [1.54, 1.807) is 24.3 Å². The van der Waals surface area contributed by atoms with Crippen molar-refractivity contribution in [2.75, 3.05) is 0 Å². The second-order valence-electron chi connectivity index (χ2n) is 5.06. The summed E-state index contributed by atoms with van der Waals surface area (Å²) >= 11 is 0. The van der Waals surface area contributed by atoms with Crippen molar-refractivity contribution >= 4 is 23.3 Å². The molecule has 1 aromatic carbocycles. The summed E-state index contributed by atoms with van der Waals surface area (Å²) in [6.07, 6.45) is 1.03. The molecule has 3 N–H and O–H groups in total. The van der Waals surface area contributed by atoms with Gasteiger partial charge in [-0.2, -0.15) is 0 Å². The van der Waals surface area contributed by atoms with Crippen molar-refractivity contribution in [3.8, 4) is 0 Å². The lowest BCUT2D eigenvalue weighted by Crippen LogP contribution is -2.53. The zero-order valence-electron chi connectivity index (χ0n) is 11.6. The summed E-state index contributed by atoms with van der Waals surface area (Å²) in [6.45, 7) is 3.27. The highest BCUT2D eigenvalue weighted by Crippen LogP contribution is 2.46. The molecule has 0 saturated heterocycles. The lowest BCUT2D eigenvalue weighted by Gasteiger charge is -2.33. The first-order chi connectivity index (χ1) is 9.46. The van der Waals surface area contributed by atoms with Crippen LogP contribution < -0.4 is 5.73 Å². The molecule has 0 spiro atoms. The Kier molecular flexibility index (Phi) is 3.61. The molecule has 0 aromatic heterocycles. The number of hydrogen-bond acceptors (Lipinski definition) is 4. The van der Waals surface area contributed by atoms with Crippen LogP contribution in [0, 0.1) is 5.92 Å². The van der Waals surface area contributed by atoms with E-state index in [4.69, 9.17) is 5.73 Å². The molecular weight excluding hydrogens is 256 g/mol. The maximum Gasteiger partial charge on any atom is 0.308 e. The van der Waals surface area contributed by atoms with Crippen LogP contribution in [-0.2, 0) is 15.0 Å². The molecule has 5 heteroatoms. The molecular formula is C15H18N2O3. The third-order valence-corrected chi connectivity index (χ3v) is 3.93. The van der Waals surface area contributed by atoms with E-state index >= 15 is 0 Å². The number of fused-ring (bicyclic) bond motifs is 1. The lowest BCUT2D eigenvalue weighted by atomic mass is 9.66. The highest BCUT2D eigenvalue weighted by Gasteiger charge is 2.54. The van der Waals surface area contributed by atoms with Gasteiger partial charge in [-0.3, -0.25) is 9.59 Å². The number of para-hydroxylation sites is 1. The van der Waals surface area contributed by atoms with Gasteiger partial charge in [0.2, 0.25) is 0 Å². The van der Waals surface area contributed by atoms with Gasteiger partial charge in [-0.25, -0.2) is 4.99 Å². The van der Waals surface area contributed by atoms with E-state index < -0.39 is 17.3 Å². The van der Waals surface area contributed by atoms with Crippen molar-refractivity contribution in [3.63, 3.8) is 0 Å². The summed E-state index contributed by atoms with van der Waals surface area (Å²) in [5.74, 6) is -2.09. The summed E-state index contributed by atoms with van der Waals surface area (Å²) < 4.78 is 0. The molecule has 0 fully saturated rings. The highest BCUT2D eigenvalue weighted by atomic mass is 16.4. The molecule has 2 unspecified atom stereocenters. The number of nitrogens with two attached hydrogens (primary N) is 1. The second-order valence-corrected chi connectivity index (χ2v) is 5.06. The fourth-order valence-corrected chi connectivity index (χ4v) is 3.06. The number of carboxylic acids is 1. The summed E-state index contributed by atoms with van der Waals surface area (Å²) in [5.41, 5.74) is 5.85. The minimum absolute atomic E-state index is 0.0899. The smallest absolute Gasteiger partial charge is 0.308 e. The van der Waals surface area contributed by atoms with Crippen LogP contribution in [0.1, 0.15) is 32.3 Å². The summed E-state index contributed by atoms with van der Waals surface area (Å²) in [5, 5.41) is 9.56. The number of carbonyl (C=O) groups excluding carboxylic acids is 1. The Hall–Kier alpha value is -2.17. The molecule has 1 aliphatic rings. The Balaban J connectivity index is 2.71. The van der Waals surface area contributed by atoms with Gasteiger partial charge in [0.25, 0.3) is 0 Å². The third-order valence-electron chi connectivity index (χ3n) is 3.93. The second kappa shape index (κ2) is 5.07. The molecule has 0 bridgehead atoms.